The van der Waals surface area contributed by atoms with Gasteiger partial charge in [0.2, 0.25) is 5.91 Å². The number of ether oxygens (including phenoxy) is 2. The van der Waals surface area contributed by atoms with Gasteiger partial charge in [0.1, 0.15) is 24.3 Å². The molecule has 1 aliphatic rings. The van der Waals surface area contributed by atoms with Crippen LogP contribution in [-0.4, -0.2) is 80.2 Å². The molecule has 240 valence electrons. The summed E-state index contributed by atoms with van der Waals surface area (Å²) in [5, 5.41) is 16.8. The second-order valence-electron chi connectivity index (χ2n) is 12.0. The fourth-order valence-electron chi connectivity index (χ4n) is 5.11. The van der Waals surface area contributed by atoms with Gasteiger partial charge < -0.3 is 35.1 Å². The highest BCUT2D eigenvalue weighted by atomic mass is 16.6. The van der Waals surface area contributed by atoms with Crippen molar-refractivity contribution in [2.75, 3.05) is 6.54 Å². The van der Waals surface area contributed by atoms with Crippen LogP contribution in [-0.2, 0) is 43.3 Å². The SMILES string of the molecule is CC(C)(C)OC(=O)[C@@H]1CCCN1C(=O)C(O)[C@H](Cc1ccccc1)NC(=O)[C@H](Cc1c[nH]cn1)NC(=O)OCc1ccccc1. The molecule has 1 unspecified atom stereocenters. The van der Waals surface area contributed by atoms with Gasteiger partial charge in [0.25, 0.3) is 5.91 Å². The highest BCUT2D eigenvalue weighted by molar-refractivity contribution is 5.90. The van der Waals surface area contributed by atoms with E-state index in [4.69, 9.17) is 9.47 Å². The van der Waals surface area contributed by atoms with Crippen LogP contribution in [0.4, 0.5) is 4.79 Å². The number of H-pyrrole nitrogens is 1. The van der Waals surface area contributed by atoms with Crippen molar-refractivity contribution in [1.29, 1.82) is 0 Å². The zero-order chi connectivity index (χ0) is 32.4. The van der Waals surface area contributed by atoms with Gasteiger partial charge in [0.05, 0.1) is 18.1 Å². The lowest BCUT2D eigenvalue weighted by molar-refractivity contribution is -0.165. The molecule has 3 amide bonds. The number of aromatic amines is 1. The molecule has 1 aromatic heterocycles. The number of alkyl carbamates (subject to hydrolysis) is 1. The highest BCUT2D eigenvalue weighted by Crippen LogP contribution is 2.23. The van der Waals surface area contributed by atoms with Crippen LogP contribution in [0.5, 0.6) is 0 Å². The van der Waals surface area contributed by atoms with E-state index in [0.29, 0.717) is 18.5 Å². The van der Waals surface area contributed by atoms with Crippen molar-refractivity contribution in [3.8, 4) is 0 Å². The van der Waals surface area contributed by atoms with Gasteiger partial charge in [-0.1, -0.05) is 60.7 Å². The van der Waals surface area contributed by atoms with Crippen LogP contribution in [0, 0.1) is 0 Å². The average molecular weight is 620 g/mol. The minimum absolute atomic E-state index is 0.00190. The standard InChI is InChI=1S/C33H41N5O7/c1-33(2,3)45-31(42)27-15-10-16-38(27)30(41)28(39)25(17-22-11-6-4-7-12-22)36-29(40)26(18-24-19-34-21-35-24)37-32(43)44-20-23-13-8-5-9-14-23/h4-9,11-14,19,21,25-28,39H,10,15-18,20H2,1-3H3,(H,34,35)(H,36,40)(H,37,43)/t25-,26-,27-,28?/m0/s1. The van der Waals surface area contributed by atoms with Crippen LogP contribution in [0.2, 0.25) is 0 Å². The smallest absolute Gasteiger partial charge is 0.408 e. The normalized spacial score (nSPS) is 16.7. The second-order valence-corrected chi connectivity index (χ2v) is 12.0. The van der Waals surface area contributed by atoms with E-state index in [0.717, 1.165) is 11.1 Å². The van der Waals surface area contributed by atoms with Crippen LogP contribution >= 0.6 is 0 Å². The van der Waals surface area contributed by atoms with E-state index in [1.807, 2.05) is 60.7 Å². The number of benzene rings is 2. The number of aliphatic hydroxyl groups excluding tert-OH is 1. The Morgan fingerprint density at radius 2 is 1.67 bits per heavy atom. The van der Waals surface area contributed by atoms with Crippen molar-refractivity contribution in [2.24, 2.45) is 0 Å². The number of likely N-dealkylation sites (tertiary alicyclic amines) is 1. The topological polar surface area (TPSA) is 163 Å². The third kappa shape index (κ3) is 9.90. The van der Waals surface area contributed by atoms with E-state index < -0.39 is 53.7 Å². The van der Waals surface area contributed by atoms with Gasteiger partial charge in [-0.15, -0.1) is 0 Å². The first-order chi connectivity index (χ1) is 21.5. The molecule has 3 aromatic rings. The third-order valence-electron chi connectivity index (χ3n) is 7.26. The summed E-state index contributed by atoms with van der Waals surface area (Å²) >= 11 is 0. The first kappa shape index (κ1) is 33.2. The van der Waals surface area contributed by atoms with E-state index in [9.17, 15) is 24.3 Å². The lowest BCUT2D eigenvalue weighted by Gasteiger charge is -2.32. The number of imidazole rings is 1. The Hall–Kier alpha value is -4.71. The van der Waals surface area contributed by atoms with Crippen molar-refractivity contribution >= 4 is 23.9 Å². The minimum Gasteiger partial charge on any atom is -0.458 e. The molecule has 4 atom stereocenters. The summed E-state index contributed by atoms with van der Waals surface area (Å²) in [4.78, 5) is 61.4. The summed E-state index contributed by atoms with van der Waals surface area (Å²) in [7, 11) is 0. The zero-order valence-corrected chi connectivity index (χ0v) is 25.8. The number of hydrogen-bond acceptors (Lipinski definition) is 8. The number of carbonyl (C=O) groups excluding carboxylic acids is 4. The Balaban J connectivity index is 1.51. The van der Waals surface area contributed by atoms with Gasteiger partial charge in [-0.3, -0.25) is 9.59 Å². The number of aromatic nitrogens is 2. The molecule has 1 saturated heterocycles. The number of esters is 1. The first-order valence-corrected chi connectivity index (χ1v) is 15.0. The lowest BCUT2D eigenvalue weighted by atomic mass is 9.99. The number of nitrogens with one attached hydrogen (secondary N) is 3. The van der Waals surface area contributed by atoms with Crippen molar-refractivity contribution in [3.63, 3.8) is 0 Å². The number of rotatable bonds is 12. The summed E-state index contributed by atoms with van der Waals surface area (Å²) in [6.07, 6.45) is 1.65. The van der Waals surface area contributed by atoms with E-state index in [-0.39, 0.29) is 26.0 Å². The number of aliphatic hydroxyl groups is 1. The van der Waals surface area contributed by atoms with Gasteiger partial charge in [-0.25, -0.2) is 14.6 Å². The molecule has 4 N–H and O–H groups in total. The molecule has 1 aliphatic heterocycles. The van der Waals surface area contributed by atoms with Crippen LogP contribution < -0.4 is 10.6 Å². The maximum Gasteiger partial charge on any atom is 0.408 e. The van der Waals surface area contributed by atoms with Crippen LogP contribution in [0.1, 0.15) is 50.4 Å². The molecule has 45 heavy (non-hydrogen) atoms. The molecule has 0 spiro atoms. The Kier molecular flexibility index (Phi) is 11.3. The van der Waals surface area contributed by atoms with Crippen molar-refractivity contribution in [3.05, 3.63) is 90.0 Å². The van der Waals surface area contributed by atoms with Gasteiger partial charge in [-0.05, 0) is 51.2 Å². The molecule has 2 aromatic carbocycles. The quantitative estimate of drug-likeness (QED) is 0.225. The summed E-state index contributed by atoms with van der Waals surface area (Å²) in [5.74, 6) is -1.88. The molecule has 0 aliphatic carbocycles. The average Bonchev–Trinajstić information content (AvgIpc) is 3.72. The molecule has 12 heteroatoms. The van der Waals surface area contributed by atoms with E-state index >= 15 is 0 Å². The van der Waals surface area contributed by atoms with Crippen molar-refractivity contribution in [2.45, 2.75) is 82.9 Å². The van der Waals surface area contributed by atoms with Crippen LogP contribution in [0.25, 0.3) is 0 Å². The predicted octanol–water partition coefficient (Wildman–Crippen LogP) is 2.67. The summed E-state index contributed by atoms with van der Waals surface area (Å²) < 4.78 is 10.9. The number of hydrogen-bond donors (Lipinski definition) is 4. The zero-order valence-electron chi connectivity index (χ0n) is 25.8. The largest absolute Gasteiger partial charge is 0.458 e. The van der Waals surface area contributed by atoms with Gasteiger partial charge in [0, 0.05) is 19.2 Å². The minimum atomic E-state index is -1.69. The fraction of sp³-hybridized carbons (Fsp3) is 0.424. The van der Waals surface area contributed by atoms with E-state index in [1.54, 1.807) is 27.0 Å². The van der Waals surface area contributed by atoms with Crippen LogP contribution in [0.3, 0.4) is 0 Å². The molecule has 0 bridgehead atoms. The van der Waals surface area contributed by atoms with E-state index in [2.05, 4.69) is 20.6 Å². The predicted molar refractivity (Wildman–Crippen MR) is 165 cm³/mol. The Morgan fingerprint density at radius 3 is 2.29 bits per heavy atom. The van der Waals surface area contributed by atoms with Gasteiger partial charge in [-0.2, -0.15) is 0 Å². The Labute approximate surface area is 262 Å². The van der Waals surface area contributed by atoms with Crippen molar-refractivity contribution in [1.82, 2.24) is 25.5 Å². The number of amides is 3. The van der Waals surface area contributed by atoms with Gasteiger partial charge in [0.15, 0.2) is 6.10 Å². The number of nitrogens with zero attached hydrogens (tertiary/aromatic N) is 2. The highest BCUT2D eigenvalue weighted by Gasteiger charge is 2.41. The molecular weight excluding hydrogens is 578 g/mol. The molecule has 4 rings (SSSR count). The lowest BCUT2D eigenvalue weighted by Crippen LogP contribution is -2.58. The second kappa shape index (κ2) is 15.3. The number of carbonyl (C=O) groups is 4. The fourth-order valence-corrected chi connectivity index (χ4v) is 5.11. The molecular formula is C33H41N5O7. The monoisotopic (exact) mass is 619 g/mol. The Morgan fingerprint density at radius 1 is 1.00 bits per heavy atom. The van der Waals surface area contributed by atoms with Gasteiger partial charge >= 0.3 is 12.1 Å². The molecule has 0 saturated carbocycles. The first-order valence-electron chi connectivity index (χ1n) is 15.0. The maximum atomic E-state index is 13.7. The summed E-state index contributed by atoms with van der Waals surface area (Å²) in [6.45, 7) is 5.51. The molecule has 1 fully saturated rings. The molecule has 12 nitrogen and oxygen atoms in total. The van der Waals surface area contributed by atoms with Crippen LogP contribution in [0.15, 0.2) is 73.2 Å². The summed E-state index contributed by atoms with van der Waals surface area (Å²) in [5.41, 5.74) is 1.30. The van der Waals surface area contributed by atoms with E-state index in [1.165, 1.54) is 11.2 Å². The molecule has 0 radical (unpaired) electrons. The van der Waals surface area contributed by atoms with Crippen molar-refractivity contribution < 1.29 is 33.8 Å². The molecule has 2 heterocycles. The maximum absolute atomic E-state index is 13.7. The third-order valence-corrected chi connectivity index (χ3v) is 7.26. The summed E-state index contributed by atoms with van der Waals surface area (Å²) in [6, 6.07) is 15.1. The Bertz CT molecular complexity index is 1410.